The van der Waals surface area contributed by atoms with Gasteiger partial charge in [0.2, 0.25) is 0 Å². The topological polar surface area (TPSA) is 97.4 Å². The maximum absolute atomic E-state index is 13.2. The number of cyclic esters (lactones) is 1. The molecule has 2 fully saturated rings. The van der Waals surface area contributed by atoms with Crippen molar-refractivity contribution in [1.29, 1.82) is 0 Å². The van der Waals surface area contributed by atoms with Crippen molar-refractivity contribution < 1.29 is 38.1 Å². The Kier molecular flexibility index (Phi) is 13.7. The lowest BCUT2D eigenvalue weighted by Crippen LogP contribution is -2.37. The third kappa shape index (κ3) is 11.7. The molecule has 3 heterocycles. The van der Waals surface area contributed by atoms with Gasteiger partial charge in [-0.15, -0.1) is 0 Å². The first-order valence-corrected chi connectivity index (χ1v) is 15.2. The number of rotatable bonds is 6. The zero-order valence-electron chi connectivity index (χ0n) is 25.8. The molecule has 42 heavy (non-hydrogen) atoms. The fourth-order valence-electron chi connectivity index (χ4n) is 5.75. The quantitative estimate of drug-likeness (QED) is 0.121. The molecule has 3 aliphatic heterocycles. The van der Waals surface area contributed by atoms with Crippen LogP contribution in [-0.2, 0) is 38.1 Å². The Hall–Kier alpha value is -2.97. The molecular formula is C34H48O8. The minimum Gasteiger partial charge on any atom is -0.469 e. The molecule has 0 saturated carbocycles. The smallest absolute Gasteiger partial charge is 0.330 e. The average molecular weight is 585 g/mol. The summed E-state index contributed by atoms with van der Waals surface area (Å²) in [6, 6.07) is 0. The van der Waals surface area contributed by atoms with Crippen LogP contribution in [0.4, 0.5) is 0 Å². The first-order valence-electron chi connectivity index (χ1n) is 15.2. The van der Waals surface area contributed by atoms with Gasteiger partial charge in [0, 0.05) is 18.4 Å². The van der Waals surface area contributed by atoms with Gasteiger partial charge in [0.25, 0.3) is 0 Å². The molecule has 3 rings (SSSR count). The first kappa shape index (κ1) is 33.5. The summed E-state index contributed by atoms with van der Waals surface area (Å²) >= 11 is 0. The minimum atomic E-state index is -0.474. The molecule has 8 heteroatoms. The van der Waals surface area contributed by atoms with Gasteiger partial charge in [0.1, 0.15) is 6.10 Å². The maximum atomic E-state index is 13.2. The summed E-state index contributed by atoms with van der Waals surface area (Å²) in [6.07, 6.45) is 20.7. The van der Waals surface area contributed by atoms with E-state index < -0.39 is 18.2 Å². The first-order chi connectivity index (χ1) is 20.1. The Balaban J connectivity index is 1.80. The van der Waals surface area contributed by atoms with Gasteiger partial charge in [-0.25, -0.2) is 4.79 Å². The number of ether oxygens (including phenoxy) is 5. The third-order valence-electron chi connectivity index (χ3n) is 7.96. The summed E-state index contributed by atoms with van der Waals surface area (Å²) in [7, 11) is 2.74. The van der Waals surface area contributed by atoms with Crippen molar-refractivity contribution in [3.63, 3.8) is 0 Å². The monoisotopic (exact) mass is 584 g/mol. The van der Waals surface area contributed by atoms with E-state index in [1.807, 2.05) is 44.2 Å². The average Bonchev–Trinajstić information content (AvgIpc) is 2.94. The highest BCUT2D eigenvalue weighted by Crippen LogP contribution is 2.33. The molecule has 2 saturated heterocycles. The van der Waals surface area contributed by atoms with Gasteiger partial charge in [-0.2, -0.15) is 0 Å². The molecule has 0 aromatic rings. The number of methoxy groups -OCH3 is 2. The van der Waals surface area contributed by atoms with Gasteiger partial charge in [-0.3, -0.25) is 9.59 Å². The molecule has 0 N–H and O–H groups in total. The Morgan fingerprint density at radius 1 is 0.905 bits per heavy atom. The van der Waals surface area contributed by atoms with E-state index in [0.29, 0.717) is 18.8 Å². The molecule has 4 bridgehead atoms. The van der Waals surface area contributed by atoms with Crippen LogP contribution in [0.15, 0.2) is 59.8 Å². The van der Waals surface area contributed by atoms with E-state index in [-0.39, 0.29) is 49.0 Å². The molecule has 0 spiro atoms. The third-order valence-corrected chi connectivity index (χ3v) is 7.96. The highest BCUT2D eigenvalue weighted by atomic mass is 16.6. The van der Waals surface area contributed by atoms with Crippen molar-refractivity contribution in [2.45, 2.75) is 109 Å². The van der Waals surface area contributed by atoms with Gasteiger partial charge in [-0.05, 0) is 57.4 Å². The molecule has 1 unspecified atom stereocenters. The molecular weight excluding hydrogens is 536 g/mol. The summed E-state index contributed by atoms with van der Waals surface area (Å²) in [5, 5.41) is 0. The fraction of sp³-hybridized carbons (Fsp3) is 0.618. The van der Waals surface area contributed by atoms with Crippen molar-refractivity contribution >= 4 is 17.9 Å². The fourth-order valence-corrected chi connectivity index (χ4v) is 5.75. The van der Waals surface area contributed by atoms with Crippen LogP contribution in [0.25, 0.3) is 0 Å². The van der Waals surface area contributed by atoms with Gasteiger partial charge in [0.05, 0.1) is 51.5 Å². The maximum Gasteiger partial charge on any atom is 0.330 e. The lowest BCUT2D eigenvalue weighted by molar-refractivity contribution is -0.154. The normalized spacial score (nSPS) is 33.4. The van der Waals surface area contributed by atoms with Gasteiger partial charge < -0.3 is 23.7 Å². The van der Waals surface area contributed by atoms with Gasteiger partial charge >= 0.3 is 17.9 Å². The number of hydrogen-bond acceptors (Lipinski definition) is 8. The van der Waals surface area contributed by atoms with Crippen molar-refractivity contribution in [2.75, 3.05) is 14.2 Å². The van der Waals surface area contributed by atoms with E-state index in [9.17, 15) is 14.4 Å². The van der Waals surface area contributed by atoms with E-state index in [1.165, 1.54) is 20.3 Å². The standard InChI is InChI=1S/C34H48O8/c1-23(17-32(35)38-4)10-7-6-8-13-31-25(3)15-14-24(2)16-27-11-9-12-28(40-27)21-29-18-26(20-33(36)39-5)19-30(41-29)22-34(37)42-31/h6-8,10,13-15,20,24-25,27-31H,9,11-12,16-19,21-22H2,1-5H3/b7-6-,13-8+,15-14+,23-10+,26-20-/t24-,25-,27?,28-,29+,30-,31-/m0/s1. The van der Waals surface area contributed by atoms with Crippen LogP contribution in [0.1, 0.15) is 78.6 Å². The van der Waals surface area contributed by atoms with Crippen molar-refractivity contribution in [3.8, 4) is 0 Å². The second-order valence-electron chi connectivity index (χ2n) is 11.8. The Morgan fingerprint density at radius 3 is 2.36 bits per heavy atom. The van der Waals surface area contributed by atoms with Crippen LogP contribution in [0, 0.1) is 11.8 Å². The molecule has 3 aliphatic rings. The molecule has 0 aromatic carbocycles. The number of carbonyl (C=O) groups is 3. The zero-order valence-corrected chi connectivity index (χ0v) is 25.8. The zero-order chi connectivity index (χ0) is 30.5. The molecule has 232 valence electrons. The predicted molar refractivity (Wildman–Crippen MR) is 160 cm³/mol. The summed E-state index contributed by atoms with van der Waals surface area (Å²) in [4.78, 5) is 36.7. The second kappa shape index (κ2) is 17.2. The Labute approximate surface area is 250 Å². The summed E-state index contributed by atoms with van der Waals surface area (Å²) < 4.78 is 28.5. The highest BCUT2D eigenvalue weighted by molar-refractivity contribution is 5.82. The van der Waals surface area contributed by atoms with Crippen LogP contribution < -0.4 is 0 Å². The van der Waals surface area contributed by atoms with Crippen molar-refractivity contribution in [1.82, 2.24) is 0 Å². The van der Waals surface area contributed by atoms with E-state index in [0.717, 1.165) is 43.3 Å². The van der Waals surface area contributed by atoms with E-state index >= 15 is 0 Å². The van der Waals surface area contributed by atoms with Crippen LogP contribution in [-0.4, -0.2) is 62.6 Å². The van der Waals surface area contributed by atoms with Gasteiger partial charge in [0.15, 0.2) is 0 Å². The van der Waals surface area contributed by atoms with Crippen LogP contribution >= 0.6 is 0 Å². The number of carbonyl (C=O) groups excluding carboxylic acids is 3. The molecule has 0 amide bonds. The largest absolute Gasteiger partial charge is 0.469 e. The minimum absolute atomic E-state index is 0.0552. The molecule has 8 nitrogen and oxygen atoms in total. The summed E-state index contributed by atoms with van der Waals surface area (Å²) in [5.41, 5.74) is 1.80. The van der Waals surface area contributed by atoms with Crippen LogP contribution in [0.2, 0.25) is 0 Å². The predicted octanol–water partition coefficient (Wildman–Crippen LogP) is 6.12. The van der Waals surface area contributed by atoms with Gasteiger partial charge in [-0.1, -0.05) is 61.4 Å². The summed E-state index contributed by atoms with van der Waals surface area (Å²) in [5.74, 6) is -0.764. The Morgan fingerprint density at radius 2 is 1.62 bits per heavy atom. The number of esters is 3. The van der Waals surface area contributed by atoms with Crippen LogP contribution in [0.3, 0.4) is 0 Å². The molecule has 0 radical (unpaired) electrons. The lowest BCUT2D eigenvalue weighted by Gasteiger charge is -2.37. The summed E-state index contributed by atoms with van der Waals surface area (Å²) in [6.45, 7) is 6.10. The molecule has 7 atom stereocenters. The van der Waals surface area contributed by atoms with Crippen molar-refractivity contribution in [3.05, 3.63) is 59.8 Å². The van der Waals surface area contributed by atoms with Crippen molar-refractivity contribution in [2.24, 2.45) is 11.8 Å². The van der Waals surface area contributed by atoms with E-state index in [2.05, 4.69) is 19.1 Å². The van der Waals surface area contributed by atoms with E-state index in [4.69, 9.17) is 23.7 Å². The number of allylic oxidation sites excluding steroid dienone is 5. The van der Waals surface area contributed by atoms with E-state index in [1.54, 1.807) is 0 Å². The number of fused-ring (bicyclic) bond motifs is 4. The van der Waals surface area contributed by atoms with Crippen LogP contribution in [0.5, 0.6) is 0 Å². The Bertz CT molecular complexity index is 1070. The molecule has 0 aromatic heterocycles. The second-order valence-corrected chi connectivity index (χ2v) is 11.8. The SMILES string of the molecule is COC(=O)/C=C1\C[C@H]2CC(=O)O[C@@H](/C=C/C=C\C=C(/C)CC(=O)OC)[C@@H](C)/C=C/[C@H](C)CC3CCC[C@@H](C[C@@H](C1)O2)O3. The number of hydrogen-bond donors (Lipinski definition) is 0. The lowest BCUT2D eigenvalue weighted by atomic mass is 9.89. The molecule has 0 aliphatic carbocycles. The highest BCUT2D eigenvalue weighted by Gasteiger charge is 2.33.